The normalized spacial score (nSPS) is 22.7. The molecule has 0 saturated heterocycles. The van der Waals surface area contributed by atoms with Gasteiger partial charge in [-0.3, -0.25) is 0 Å². The topological polar surface area (TPSA) is 38.3 Å². The molecule has 1 aromatic rings. The van der Waals surface area contributed by atoms with Crippen LogP contribution in [0.5, 0.6) is 0 Å². The molecule has 2 rings (SSSR count). The van der Waals surface area contributed by atoms with Gasteiger partial charge in [0.25, 0.3) is 0 Å². The van der Waals surface area contributed by atoms with Crippen LogP contribution in [0, 0.1) is 5.41 Å². The van der Waals surface area contributed by atoms with Crippen LogP contribution in [0.15, 0.2) is 28.7 Å². The standard InChI is InChI=1S/C14H18BrNO2/c1-14(2,3)13(17)18-16-12-8-11(12)9-4-6-10(15)7-5-9/h4-7,11-12,16H,8H2,1-3H3. The second kappa shape index (κ2) is 5.02. The first-order valence-electron chi connectivity index (χ1n) is 6.10. The number of carbonyl (C=O) groups excluding carboxylic acids is 1. The second-order valence-electron chi connectivity index (χ2n) is 5.76. The number of hydrogen-bond acceptors (Lipinski definition) is 3. The van der Waals surface area contributed by atoms with E-state index in [9.17, 15) is 4.79 Å². The molecule has 0 amide bonds. The molecular weight excluding hydrogens is 294 g/mol. The molecule has 2 unspecified atom stereocenters. The Balaban J connectivity index is 1.82. The first kappa shape index (κ1) is 13.6. The van der Waals surface area contributed by atoms with Gasteiger partial charge in [-0.15, -0.1) is 5.48 Å². The van der Waals surface area contributed by atoms with Crippen LogP contribution in [0.3, 0.4) is 0 Å². The molecule has 0 aromatic heterocycles. The molecule has 0 bridgehead atoms. The lowest BCUT2D eigenvalue weighted by Crippen LogP contribution is -2.31. The van der Waals surface area contributed by atoms with E-state index >= 15 is 0 Å². The molecule has 1 aliphatic carbocycles. The Morgan fingerprint density at radius 2 is 1.94 bits per heavy atom. The smallest absolute Gasteiger partial charge is 0.329 e. The highest BCUT2D eigenvalue weighted by Gasteiger charge is 2.40. The molecule has 98 valence electrons. The number of rotatable bonds is 3. The summed E-state index contributed by atoms with van der Waals surface area (Å²) in [5, 5.41) is 0. The van der Waals surface area contributed by atoms with Crippen LogP contribution in [-0.2, 0) is 9.63 Å². The van der Waals surface area contributed by atoms with Crippen molar-refractivity contribution in [2.24, 2.45) is 5.41 Å². The molecule has 4 heteroatoms. The lowest BCUT2D eigenvalue weighted by molar-refractivity contribution is -0.161. The van der Waals surface area contributed by atoms with E-state index in [-0.39, 0.29) is 12.0 Å². The molecule has 1 aromatic carbocycles. The molecule has 1 N–H and O–H groups in total. The van der Waals surface area contributed by atoms with Crippen LogP contribution >= 0.6 is 15.9 Å². The average molecular weight is 312 g/mol. The van der Waals surface area contributed by atoms with Crippen molar-refractivity contribution in [3.63, 3.8) is 0 Å². The van der Waals surface area contributed by atoms with Gasteiger partial charge >= 0.3 is 5.97 Å². The molecule has 18 heavy (non-hydrogen) atoms. The first-order valence-corrected chi connectivity index (χ1v) is 6.89. The minimum absolute atomic E-state index is 0.219. The quantitative estimate of drug-likeness (QED) is 0.869. The fourth-order valence-electron chi connectivity index (χ4n) is 1.69. The van der Waals surface area contributed by atoms with Gasteiger partial charge < -0.3 is 4.84 Å². The predicted molar refractivity (Wildman–Crippen MR) is 74.0 cm³/mol. The summed E-state index contributed by atoms with van der Waals surface area (Å²) in [4.78, 5) is 16.7. The molecule has 1 fully saturated rings. The van der Waals surface area contributed by atoms with Crippen molar-refractivity contribution in [3.05, 3.63) is 34.3 Å². The van der Waals surface area contributed by atoms with Gasteiger partial charge in [0.2, 0.25) is 0 Å². The van der Waals surface area contributed by atoms with Crippen molar-refractivity contribution in [1.82, 2.24) is 5.48 Å². The molecule has 0 radical (unpaired) electrons. The van der Waals surface area contributed by atoms with Crippen LogP contribution in [0.25, 0.3) is 0 Å². The highest BCUT2D eigenvalue weighted by atomic mass is 79.9. The lowest BCUT2D eigenvalue weighted by atomic mass is 9.98. The lowest BCUT2D eigenvalue weighted by Gasteiger charge is -2.16. The predicted octanol–water partition coefficient (Wildman–Crippen LogP) is 3.40. The van der Waals surface area contributed by atoms with Crippen LogP contribution in [0.1, 0.15) is 38.7 Å². The molecule has 0 heterocycles. The third-order valence-electron chi connectivity index (χ3n) is 3.00. The van der Waals surface area contributed by atoms with Crippen molar-refractivity contribution in [3.8, 4) is 0 Å². The summed E-state index contributed by atoms with van der Waals surface area (Å²) in [6, 6.07) is 8.51. The maximum absolute atomic E-state index is 11.6. The van der Waals surface area contributed by atoms with E-state index in [1.165, 1.54) is 5.56 Å². The van der Waals surface area contributed by atoms with Gasteiger partial charge in [0.15, 0.2) is 0 Å². The first-order chi connectivity index (χ1) is 8.38. The van der Waals surface area contributed by atoms with E-state index in [4.69, 9.17) is 4.84 Å². The van der Waals surface area contributed by atoms with Gasteiger partial charge in [-0.05, 0) is 44.9 Å². The number of hydrogen-bond donors (Lipinski definition) is 1. The molecule has 3 nitrogen and oxygen atoms in total. The van der Waals surface area contributed by atoms with E-state index in [1.807, 2.05) is 32.9 Å². The van der Waals surface area contributed by atoms with E-state index in [1.54, 1.807) is 0 Å². The van der Waals surface area contributed by atoms with Gasteiger partial charge in [0.05, 0.1) is 11.5 Å². The number of benzene rings is 1. The summed E-state index contributed by atoms with van der Waals surface area (Å²) in [7, 11) is 0. The molecule has 1 aliphatic rings. The maximum Gasteiger partial charge on any atom is 0.329 e. The van der Waals surface area contributed by atoms with Gasteiger partial charge in [0, 0.05) is 10.4 Å². The maximum atomic E-state index is 11.6. The minimum Gasteiger partial charge on any atom is -0.370 e. The summed E-state index contributed by atoms with van der Waals surface area (Å²) in [6.45, 7) is 5.53. The highest BCUT2D eigenvalue weighted by Crippen LogP contribution is 2.41. The van der Waals surface area contributed by atoms with Crippen LogP contribution in [-0.4, -0.2) is 12.0 Å². The van der Waals surface area contributed by atoms with Crippen LogP contribution < -0.4 is 5.48 Å². The zero-order valence-electron chi connectivity index (χ0n) is 10.9. The second-order valence-corrected chi connectivity index (χ2v) is 6.67. The Kier molecular flexibility index (Phi) is 3.78. The van der Waals surface area contributed by atoms with E-state index in [0.29, 0.717) is 5.92 Å². The number of halogens is 1. The van der Waals surface area contributed by atoms with Crippen molar-refractivity contribution in [2.75, 3.05) is 0 Å². The van der Waals surface area contributed by atoms with E-state index < -0.39 is 5.41 Å². The minimum atomic E-state index is -0.463. The monoisotopic (exact) mass is 311 g/mol. The fourth-order valence-corrected chi connectivity index (χ4v) is 1.95. The van der Waals surface area contributed by atoms with Gasteiger partial charge in [-0.2, -0.15) is 0 Å². The van der Waals surface area contributed by atoms with Gasteiger partial charge in [-0.1, -0.05) is 28.1 Å². The molecule has 1 saturated carbocycles. The Morgan fingerprint density at radius 3 is 2.50 bits per heavy atom. The van der Waals surface area contributed by atoms with E-state index in [0.717, 1.165) is 10.9 Å². The SMILES string of the molecule is CC(C)(C)C(=O)ONC1CC1c1ccc(Br)cc1. The third kappa shape index (κ3) is 3.33. The Bertz CT molecular complexity index is 436. The summed E-state index contributed by atoms with van der Waals surface area (Å²) in [5.74, 6) is 0.231. The number of carbonyl (C=O) groups is 1. The Labute approximate surface area is 116 Å². The third-order valence-corrected chi connectivity index (χ3v) is 3.53. The van der Waals surface area contributed by atoms with Gasteiger partial charge in [0.1, 0.15) is 0 Å². The largest absolute Gasteiger partial charge is 0.370 e. The van der Waals surface area contributed by atoms with E-state index in [2.05, 4.69) is 33.5 Å². The highest BCUT2D eigenvalue weighted by molar-refractivity contribution is 9.10. The van der Waals surface area contributed by atoms with Crippen molar-refractivity contribution < 1.29 is 9.63 Å². The summed E-state index contributed by atoms with van der Waals surface area (Å²) in [5.41, 5.74) is 3.68. The van der Waals surface area contributed by atoms with Crippen molar-refractivity contribution in [1.29, 1.82) is 0 Å². The Morgan fingerprint density at radius 1 is 1.33 bits per heavy atom. The van der Waals surface area contributed by atoms with Crippen molar-refractivity contribution in [2.45, 2.75) is 39.2 Å². The van der Waals surface area contributed by atoms with Crippen LogP contribution in [0.2, 0.25) is 0 Å². The molecule has 0 spiro atoms. The average Bonchev–Trinajstić information content (AvgIpc) is 3.05. The zero-order valence-corrected chi connectivity index (χ0v) is 12.5. The molecule has 0 aliphatic heterocycles. The summed E-state index contributed by atoms with van der Waals surface area (Å²) < 4.78 is 1.08. The molecule has 2 atom stereocenters. The number of nitrogens with one attached hydrogen (secondary N) is 1. The Hall–Kier alpha value is -0.870. The van der Waals surface area contributed by atoms with Crippen molar-refractivity contribution >= 4 is 21.9 Å². The number of hydroxylamine groups is 1. The molecular formula is C14H18BrNO2. The fraction of sp³-hybridized carbons (Fsp3) is 0.500. The van der Waals surface area contributed by atoms with Crippen LogP contribution in [0.4, 0.5) is 0 Å². The zero-order chi connectivity index (χ0) is 13.3. The summed E-state index contributed by atoms with van der Waals surface area (Å²) in [6.07, 6.45) is 1.01. The van der Waals surface area contributed by atoms with Gasteiger partial charge in [-0.25, -0.2) is 4.79 Å². The summed E-state index contributed by atoms with van der Waals surface area (Å²) >= 11 is 3.42.